The maximum atomic E-state index is 13.5. The summed E-state index contributed by atoms with van der Waals surface area (Å²) in [6.07, 6.45) is 2.41. The van der Waals surface area contributed by atoms with Gasteiger partial charge in [0.2, 0.25) is 5.91 Å². The van der Waals surface area contributed by atoms with Gasteiger partial charge in [0.15, 0.2) is 0 Å². The zero-order valence-corrected chi connectivity index (χ0v) is 20.9. The van der Waals surface area contributed by atoms with Gasteiger partial charge in [-0.05, 0) is 68.9 Å². The number of anilines is 1. The topological polar surface area (TPSA) is 46.6 Å². The molecule has 1 amide bonds. The van der Waals surface area contributed by atoms with Crippen molar-refractivity contribution >= 4 is 39.8 Å². The van der Waals surface area contributed by atoms with Crippen molar-refractivity contribution in [3.63, 3.8) is 0 Å². The molecule has 1 aliphatic rings. The van der Waals surface area contributed by atoms with Crippen LogP contribution < -0.4 is 4.90 Å². The van der Waals surface area contributed by atoms with Crippen molar-refractivity contribution in [3.05, 3.63) is 75.6 Å². The van der Waals surface area contributed by atoms with E-state index in [1.807, 2.05) is 50.4 Å². The molecule has 4 rings (SSSR count). The van der Waals surface area contributed by atoms with Crippen LogP contribution in [0.5, 0.6) is 0 Å². The second kappa shape index (κ2) is 9.32. The fourth-order valence-electron chi connectivity index (χ4n) is 4.25. The predicted molar refractivity (Wildman–Crippen MR) is 135 cm³/mol. The lowest BCUT2D eigenvalue weighted by molar-refractivity contribution is -0.122. The number of nitrogens with zero attached hydrogens (tertiary/aromatic N) is 1. The number of rotatable bonds is 4. The zero-order valence-electron chi connectivity index (χ0n) is 19.4. The molecule has 0 aliphatic heterocycles. The number of esters is 1. The van der Waals surface area contributed by atoms with Gasteiger partial charge in [0.05, 0.1) is 0 Å². The third-order valence-electron chi connectivity index (χ3n) is 5.86. The first-order valence-corrected chi connectivity index (χ1v) is 12.3. The second-order valence-corrected chi connectivity index (χ2v) is 10.7. The minimum absolute atomic E-state index is 0.0267. The van der Waals surface area contributed by atoms with Crippen molar-refractivity contribution in [2.75, 3.05) is 11.9 Å². The van der Waals surface area contributed by atoms with Crippen molar-refractivity contribution in [1.29, 1.82) is 0 Å². The average Bonchev–Trinajstić information content (AvgIpc) is 3.22. The highest BCUT2D eigenvalue weighted by Gasteiger charge is 2.32. The van der Waals surface area contributed by atoms with Crippen molar-refractivity contribution in [3.8, 4) is 11.1 Å². The highest BCUT2D eigenvalue weighted by Crippen LogP contribution is 2.40. The van der Waals surface area contributed by atoms with E-state index in [1.54, 1.807) is 24.1 Å². The van der Waals surface area contributed by atoms with E-state index in [2.05, 4.69) is 12.1 Å². The van der Waals surface area contributed by atoms with Crippen LogP contribution in [0.2, 0.25) is 5.02 Å². The van der Waals surface area contributed by atoms with Crippen molar-refractivity contribution in [2.45, 2.75) is 45.6 Å². The minimum atomic E-state index is -0.650. The fraction of sp³-hybridized carbons (Fsp3) is 0.333. The summed E-state index contributed by atoms with van der Waals surface area (Å²) >= 11 is 7.45. The van der Waals surface area contributed by atoms with Crippen LogP contribution in [0, 0.1) is 5.92 Å². The van der Waals surface area contributed by atoms with Crippen molar-refractivity contribution in [1.82, 2.24) is 0 Å². The predicted octanol–water partition coefficient (Wildman–Crippen LogP) is 6.79. The largest absolute Gasteiger partial charge is 0.456 e. The van der Waals surface area contributed by atoms with Gasteiger partial charge in [0.1, 0.15) is 16.2 Å². The number of carbonyl (C=O) groups is 2. The maximum absolute atomic E-state index is 13.5. The molecule has 1 aliphatic carbocycles. The smallest absolute Gasteiger partial charge is 0.342 e. The summed E-state index contributed by atoms with van der Waals surface area (Å²) < 4.78 is 5.73. The monoisotopic (exact) mass is 481 g/mol. The third-order valence-corrected chi connectivity index (χ3v) is 7.17. The molecule has 1 heterocycles. The van der Waals surface area contributed by atoms with Crippen molar-refractivity contribution < 1.29 is 14.3 Å². The van der Waals surface area contributed by atoms with Crippen LogP contribution in [0.25, 0.3) is 11.1 Å². The van der Waals surface area contributed by atoms with E-state index in [0.717, 1.165) is 30.4 Å². The molecule has 1 atom stereocenters. The number of hydrogen-bond donors (Lipinski definition) is 0. The van der Waals surface area contributed by atoms with Crippen LogP contribution in [0.15, 0.2) is 53.9 Å². The van der Waals surface area contributed by atoms with Crippen LogP contribution in [0.3, 0.4) is 0 Å². The Morgan fingerprint density at radius 1 is 1.06 bits per heavy atom. The Balaban J connectivity index is 1.68. The van der Waals surface area contributed by atoms with Gasteiger partial charge in [-0.2, -0.15) is 0 Å². The van der Waals surface area contributed by atoms with E-state index in [-0.39, 0.29) is 11.8 Å². The number of benzene rings is 2. The van der Waals surface area contributed by atoms with Gasteiger partial charge >= 0.3 is 5.97 Å². The Morgan fingerprint density at radius 3 is 2.39 bits per heavy atom. The van der Waals surface area contributed by atoms with Gasteiger partial charge in [-0.15, -0.1) is 11.3 Å². The van der Waals surface area contributed by atoms with E-state index in [1.165, 1.54) is 22.5 Å². The zero-order chi connectivity index (χ0) is 23.8. The molecule has 0 saturated heterocycles. The molecule has 0 N–H and O–H groups in total. The first-order valence-electron chi connectivity index (χ1n) is 11.1. The summed E-state index contributed by atoms with van der Waals surface area (Å²) in [5.74, 6) is -0.520. The summed E-state index contributed by atoms with van der Waals surface area (Å²) in [7, 11) is 1.76. The molecule has 0 bridgehead atoms. The Hall–Kier alpha value is -2.63. The number of aryl methyl sites for hydroxylation is 1. The van der Waals surface area contributed by atoms with Crippen LogP contribution in [0.1, 0.15) is 48.7 Å². The Labute approximate surface area is 204 Å². The second-order valence-electron chi connectivity index (χ2n) is 9.44. The molecule has 0 radical (unpaired) electrons. The molecule has 0 fully saturated rings. The molecular formula is C27H28ClNO3S. The third kappa shape index (κ3) is 5.15. The van der Waals surface area contributed by atoms with Crippen LogP contribution in [0.4, 0.5) is 5.00 Å². The summed E-state index contributed by atoms with van der Waals surface area (Å²) in [6, 6.07) is 15.6. The van der Waals surface area contributed by atoms with Gasteiger partial charge < -0.3 is 9.64 Å². The quantitative estimate of drug-likeness (QED) is 0.385. The molecule has 6 heteroatoms. The maximum Gasteiger partial charge on any atom is 0.342 e. The van der Waals surface area contributed by atoms with E-state index in [4.69, 9.17) is 16.3 Å². The van der Waals surface area contributed by atoms with Gasteiger partial charge in [0.25, 0.3) is 0 Å². The molecule has 1 unspecified atom stereocenters. The van der Waals surface area contributed by atoms with Crippen LogP contribution in [-0.4, -0.2) is 24.5 Å². The van der Waals surface area contributed by atoms with E-state index < -0.39 is 11.6 Å². The lowest BCUT2D eigenvalue weighted by atomic mass is 9.83. The summed E-state index contributed by atoms with van der Waals surface area (Å²) in [5, 5.41) is 3.15. The van der Waals surface area contributed by atoms with Gasteiger partial charge in [0, 0.05) is 28.9 Å². The normalized spacial score (nSPS) is 15.6. The summed E-state index contributed by atoms with van der Waals surface area (Å²) in [4.78, 5) is 28.5. The summed E-state index contributed by atoms with van der Waals surface area (Å²) in [5.41, 5.74) is 3.92. The number of thiophene rings is 1. The minimum Gasteiger partial charge on any atom is -0.456 e. The first kappa shape index (κ1) is 23.5. The molecule has 33 heavy (non-hydrogen) atoms. The van der Waals surface area contributed by atoms with Crippen LogP contribution >= 0.6 is 22.9 Å². The lowest BCUT2D eigenvalue weighted by Gasteiger charge is -2.28. The molecule has 0 spiro atoms. The van der Waals surface area contributed by atoms with Crippen molar-refractivity contribution in [2.24, 2.45) is 5.92 Å². The number of fused-ring (bicyclic) bond motifs is 1. The number of amides is 1. The van der Waals surface area contributed by atoms with E-state index in [0.29, 0.717) is 15.6 Å². The van der Waals surface area contributed by atoms with E-state index in [9.17, 15) is 9.59 Å². The lowest BCUT2D eigenvalue weighted by Crippen LogP contribution is -2.36. The number of halogens is 1. The molecule has 4 nitrogen and oxygen atoms in total. The van der Waals surface area contributed by atoms with E-state index >= 15 is 0 Å². The number of hydrogen-bond acceptors (Lipinski definition) is 4. The fourth-order valence-corrected chi connectivity index (χ4v) is 5.41. The molecule has 172 valence electrons. The number of ether oxygens (including phenoxy) is 1. The summed E-state index contributed by atoms with van der Waals surface area (Å²) in [6.45, 7) is 5.52. The SMILES string of the molecule is CN(C(=O)C1CCc2ccccc2C1)c1scc(-c2ccc(Cl)cc2)c1C(=O)OC(C)(C)C. The average molecular weight is 482 g/mol. The van der Waals surface area contributed by atoms with Gasteiger partial charge in [-0.1, -0.05) is 48.0 Å². The number of carbonyl (C=O) groups excluding carboxylic acids is 2. The Morgan fingerprint density at radius 2 is 1.73 bits per heavy atom. The van der Waals surface area contributed by atoms with Gasteiger partial charge in [-0.3, -0.25) is 4.79 Å². The molecular weight excluding hydrogens is 454 g/mol. The van der Waals surface area contributed by atoms with Crippen LogP contribution in [-0.2, 0) is 22.4 Å². The molecule has 3 aromatic rings. The highest BCUT2D eigenvalue weighted by molar-refractivity contribution is 7.15. The Kier molecular flexibility index (Phi) is 6.64. The highest BCUT2D eigenvalue weighted by atomic mass is 35.5. The molecule has 1 aromatic heterocycles. The first-order chi connectivity index (χ1) is 15.6. The molecule has 2 aromatic carbocycles. The standard InChI is InChI=1S/C27H28ClNO3S/c1-27(2,3)32-26(31)23-22(18-11-13-21(28)14-12-18)16-33-25(23)29(4)24(30)20-10-9-17-7-5-6-8-19(17)15-20/h5-8,11-14,16,20H,9-10,15H2,1-4H3. The Bertz CT molecular complexity index is 1180. The van der Waals surface area contributed by atoms with Gasteiger partial charge in [-0.25, -0.2) is 4.79 Å². The molecule has 0 saturated carbocycles.